The molecule has 1 unspecified atom stereocenters. The van der Waals surface area contributed by atoms with Crippen molar-refractivity contribution in [2.24, 2.45) is 0 Å². The van der Waals surface area contributed by atoms with E-state index in [0.717, 1.165) is 17.7 Å². The third-order valence-electron chi connectivity index (χ3n) is 4.83. The maximum Gasteiger partial charge on any atom is 0.305 e. The van der Waals surface area contributed by atoms with Crippen LogP contribution in [0.1, 0.15) is 58.5 Å². The van der Waals surface area contributed by atoms with Crippen LogP contribution in [0.25, 0.3) is 0 Å². The number of aliphatic carboxylic acids is 1. The van der Waals surface area contributed by atoms with Gasteiger partial charge in [0.2, 0.25) is 0 Å². The van der Waals surface area contributed by atoms with E-state index in [9.17, 15) is 19.5 Å². The highest BCUT2D eigenvalue weighted by molar-refractivity contribution is 6.21. The highest BCUT2D eigenvalue weighted by Crippen LogP contribution is 2.37. The first-order chi connectivity index (χ1) is 14.0. The topological polar surface area (TPSA) is 93.1 Å². The molecule has 1 N–H and O–H groups in total. The number of carbonyl (C=O) groups excluding carboxylic acids is 2. The summed E-state index contributed by atoms with van der Waals surface area (Å²) in [6.07, 6.45) is 1.40. The average Bonchev–Trinajstić information content (AvgIpc) is 2.97. The van der Waals surface area contributed by atoms with Crippen LogP contribution < -0.4 is 9.47 Å². The van der Waals surface area contributed by atoms with E-state index in [4.69, 9.17) is 9.47 Å². The number of imide groups is 1. The molecular weight excluding hydrogens is 374 g/mol. The molecule has 7 heteroatoms. The lowest BCUT2D eigenvalue weighted by Gasteiger charge is -2.26. The molecule has 0 aliphatic carbocycles. The fourth-order valence-electron chi connectivity index (χ4n) is 3.35. The van der Waals surface area contributed by atoms with Crippen LogP contribution in [-0.2, 0) is 4.79 Å². The molecule has 2 amide bonds. The Bertz CT molecular complexity index is 904. The van der Waals surface area contributed by atoms with Crippen LogP contribution in [0, 0.1) is 0 Å². The third-order valence-corrected chi connectivity index (χ3v) is 4.83. The van der Waals surface area contributed by atoms with Crippen LogP contribution in [-0.4, -0.2) is 41.5 Å². The Balaban J connectivity index is 2.00. The maximum absolute atomic E-state index is 12.9. The molecule has 152 valence electrons. The molecule has 0 spiro atoms. The van der Waals surface area contributed by atoms with Gasteiger partial charge in [0, 0.05) is 0 Å². The van der Waals surface area contributed by atoms with Gasteiger partial charge in [0.25, 0.3) is 11.8 Å². The first kappa shape index (κ1) is 20.4. The molecule has 29 heavy (non-hydrogen) atoms. The molecule has 0 aromatic heterocycles. The second-order valence-corrected chi connectivity index (χ2v) is 6.75. The predicted octanol–water partition coefficient (Wildman–Crippen LogP) is 3.69. The van der Waals surface area contributed by atoms with Crippen molar-refractivity contribution in [1.29, 1.82) is 0 Å². The van der Waals surface area contributed by atoms with E-state index >= 15 is 0 Å². The van der Waals surface area contributed by atoms with E-state index < -0.39 is 30.2 Å². The summed E-state index contributed by atoms with van der Waals surface area (Å²) in [5.41, 5.74) is 1.05. The minimum absolute atomic E-state index is 0.279. The summed E-state index contributed by atoms with van der Waals surface area (Å²) in [6, 6.07) is 10.5. The van der Waals surface area contributed by atoms with Gasteiger partial charge in [0.15, 0.2) is 11.5 Å². The van der Waals surface area contributed by atoms with Gasteiger partial charge in [0.1, 0.15) is 0 Å². The molecule has 1 atom stereocenters. The lowest BCUT2D eigenvalue weighted by atomic mass is 10.0. The van der Waals surface area contributed by atoms with Crippen molar-refractivity contribution >= 4 is 17.8 Å². The van der Waals surface area contributed by atoms with E-state index in [0.29, 0.717) is 23.7 Å². The molecule has 1 heterocycles. The van der Waals surface area contributed by atoms with Gasteiger partial charge < -0.3 is 14.6 Å². The summed E-state index contributed by atoms with van der Waals surface area (Å²) < 4.78 is 11.1. The van der Waals surface area contributed by atoms with Crippen LogP contribution in [0.2, 0.25) is 0 Å². The van der Waals surface area contributed by atoms with Gasteiger partial charge in [0.05, 0.1) is 37.3 Å². The number of benzene rings is 2. The summed E-state index contributed by atoms with van der Waals surface area (Å²) in [4.78, 5) is 38.3. The fourth-order valence-corrected chi connectivity index (χ4v) is 3.35. The first-order valence-corrected chi connectivity index (χ1v) is 9.47. The number of hydrogen-bond acceptors (Lipinski definition) is 5. The number of carboxylic acid groups (broad SMARTS) is 1. The second kappa shape index (κ2) is 8.77. The zero-order valence-corrected chi connectivity index (χ0v) is 16.4. The first-order valence-electron chi connectivity index (χ1n) is 9.47. The number of methoxy groups -OCH3 is 1. The van der Waals surface area contributed by atoms with Crippen LogP contribution >= 0.6 is 0 Å². The number of unbranched alkanes of at least 4 members (excludes halogenated alkanes) is 1. The number of ether oxygens (including phenoxy) is 2. The third kappa shape index (κ3) is 4.08. The van der Waals surface area contributed by atoms with E-state index in [1.165, 1.54) is 7.11 Å². The summed E-state index contributed by atoms with van der Waals surface area (Å²) in [5, 5.41) is 9.43. The lowest BCUT2D eigenvalue weighted by molar-refractivity contribution is -0.138. The smallest absolute Gasteiger partial charge is 0.305 e. The minimum Gasteiger partial charge on any atom is -0.493 e. The largest absolute Gasteiger partial charge is 0.493 e. The number of rotatable bonds is 9. The van der Waals surface area contributed by atoms with Crippen molar-refractivity contribution < 1.29 is 29.0 Å². The number of carbonyl (C=O) groups is 3. The number of fused-ring (bicyclic) bond motifs is 1. The van der Waals surface area contributed by atoms with Gasteiger partial charge in [-0.1, -0.05) is 31.5 Å². The second-order valence-electron chi connectivity index (χ2n) is 6.75. The number of nitrogens with zero attached hydrogens (tertiary/aromatic N) is 1. The number of carboxylic acids is 1. The number of amides is 2. The van der Waals surface area contributed by atoms with Crippen molar-refractivity contribution in [2.75, 3.05) is 13.7 Å². The van der Waals surface area contributed by atoms with E-state index in [1.807, 2.05) is 6.92 Å². The average molecular weight is 397 g/mol. The molecule has 7 nitrogen and oxygen atoms in total. The monoisotopic (exact) mass is 397 g/mol. The molecule has 2 aromatic rings. The Kier molecular flexibility index (Phi) is 6.16. The number of hydrogen-bond donors (Lipinski definition) is 1. The standard InChI is InChI=1S/C22H23NO6/c1-3-4-11-29-19-12-14(9-10-18(19)28-2)17(13-20(24)25)23-21(26)15-7-5-6-8-16(15)22(23)27/h5-10,12,17H,3-4,11,13H2,1-2H3,(H,24,25). The van der Waals surface area contributed by atoms with Gasteiger partial charge in [-0.2, -0.15) is 0 Å². The van der Waals surface area contributed by atoms with Crippen molar-refractivity contribution in [2.45, 2.75) is 32.2 Å². The van der Waals surface area contributed by atoms with Crippen molar-refractivity contribution in [3.63, 3.8) is 0 Å². The quantitative estimate of drug-likeness (QED) is 0.512. The van der Waals surface area contributed by atoms with Gasteiger partial charge in [-0.05, 0) is 36.2 Å². The Hall–Kier alpha value is -3.35. The van der Waals surface area contributed by atoms with Gasteiger partial charge >= 0.3 is 5.97 Å². The van der Waals surface area contributed by atoms with E-state index in [2.05, 4.69) is 0 Å². The summed E-state index contributed by atoms with van der Waals surface area (Å²) in [6.45, 7) is 2.52. The molecule has 0 saturated heterocycles. The molecule has 1 aliphatic rings. The van der Waals surface area contributed by atoms with Crippen molar-refractivity contribution in [1.82, 2.24) is 4.90 Å². The molecule has 1 aliphatic heterocycles. The van der Waals surface area contributed by atoms with Crippen LogP contribution in [0.3, 0.4) is 0 Å². The van der Waals surface area contributed by atoms with Gasteiger partial charge in [-0.25, -0.2) is 0 Å². The highest BCUT2D eigenvalue weighted by Gasteiger charge is 2.41. The Morgan fingerprint density at radius 1 is 1.07 bits per heavy atom. The lowest BCUT2D eigenvalue weighted by Crippen LogP contribution is -2.35. The SMILES string of the molecule is CCCCOc1cc(C(CC(=O)O)N2C(=O)c3ccccc3C2=O)ccc1OC. The molecule has 3 rings (SSSR count). The maximum atomic E-state index is 12.9. The van der Waals surface area contributed by atoms with Crippen LogP contribution in [0.15, 0.2) is 42.5 Å². The summed E-state index contributed by atoms with van der Waals surface area (Å²) in [5.74, 6) is -1.16. The van der Waals surface area contributed by atoms with Crippen LogP contribution in [0.5, 0.6) is 11.5 Å². The van der Waals surface area contributed by atoms with Gasteiger partial charge in [-0.3, -0.25) is 19.3 Å². The molecule has 0 radical (unpaired) electrons. The molecule has 0 fully saturated rings. The molecule has 0 saturated carbocycles. The predicted molar refractivity (Wildman–Crippen MR) is 105 cm³/mol. The Labute approximate surface area is 168 Å². The van der Waals surface area contributed by atoms with E-state index in [-0.39, 0.29) is 11.1 Å². The normalized spacial score (nSPS) is 13.9. The zero-order valence-electron chi connectivity index (χ0n) is 16.4. The van der Waals surface area contributed by atoms with E-state index in [1.54, 1.807) is 42.5 Å². The molecular formula is C22H23NO6. The highest BCUT2D eigenvalue weighted by atomic mass is 16.5. The molecule has 0 bridgehead atoms. The van der Waals surface area contributed by atoms with Crippen LogP contribution in [0.4, 0.5) is 0 Å². The van der Waals surface area contributed by atoms with Crippen molar-refractivity contribution in [3.8, 4) is 11.5 Å². The fraction of sp³-hybridized carbons (Fsp3) is 0.318. The van der Waals surface area contributed by atoms with Crippen molar-refractivity contribution in [3.05, 3.63) is 59.2 Å². The van der Waals surface area contributed by atoms with Gasteiger partial charge in [-0.15, -0.1) is 0 Å². The summed E-state index contributed by atoms with van der Waals surface area (Å²) >= 11 is 0. The molecule has 2 aromatic carbocycles. The minimum atomic E-state index is -1.11. The Morgan fingerprint density at radius 2 is 1.72 bits per heavy atom. The summed E-state index contributed by atoms with van der Waals surface area (Å²) in [7, 11) is 1.51. The Morgan fingerprint density at radius 3 is 2.28 bits per heavy atom. The zero-order chi connectivity index (χ0) is 21.0.